The zero-order chi connectivity index (χ0) is 23.6. The van der Waals surface area contributed by atoms with Crippen LogP contribution >= 0.6 is 8.18 Å². The predicted octanol–water partition coefficient (Wildman–Crippen LogP) is 1.32. The molecule has 1 unspecified atom stereocenters. The normalized spacial score (nSPS) is 26.8. The van der Waals surface area contributed by atoms with Crippen LogP contribution in [-0.4, -0.2) is 68.7 Å². The van der Waals surface area contributed by atoms with Crippen LogP contribution in [-0.2, 0) is 18.6 Å². The molecule has 6 atom stereocenters. The van der Waals surface area contributed by atoms with Gasteiger partial charge in [-0.2, -0.15) is 9.97 Å². The van der Waals surface area contributed by atoms with Gasteiger partial charge in [-0.15, -0.1) is 4.52 Å². The molecule has 1 saturated carbocycles. The fraction of sp³-hybridized carbons (Fsp3) is 0.667. The second-order valence-corrected chi connectivity index (χ2v) is 8.80. The highest BCUT2D eigenvalue weighted by molar-refractivity contribution is 7.36. The number of fused-ring (bicyclic) bond motifs is 1. The molecule has 3 rings (SSSR count). The lowest BCUT2D eigenvalue weighted by Crippen LogP contribution is -2.39. The third-order valence-corrected chi connectivity index (χ3v) is 6.54. The van der Waals surface area contributed by atoms with Gasteiger partial charge in [0, 0.05) is 13.0 Å². The van der Waals surface area contributed by atoms with Gasteiger partial charge in [0.25, 0.3) is 0 Å². The second kappa shape index (κ2) is 9.57. The van der Waals surface area contributed by atoms with Crippen molar-refractivity contribution < 1.29 is 28.1 Å². The molecule has 0 aromatic carbocycles. The summed E-state index contributed by atoms with van der Waals surface area (Å²) in [5.41, 5.74) is 4.48. The Bertz CT molecular complexity index is 1000. The molecular weight excluding hydrogens is 444 g/mol. The Labute approximate surface area is 185 Å². The van der Waals surface area contributed by atoms with Gasteiger partial charge < -0.3 is 25.5 Å². The van der Waals surface area contributed by atoms with Crippen molar-refractivity contribution in [3.63, 3.8) is 0 Å². The average Bonchev–Trinajstić information content (AvgIpc) is 3.24. The molecule has 1 fully saturated rings. The summed E-state index contributed by atoms with van der Waals surface area (Å²) in [5.74, 6) is -0.814. The number of imidazole rings is 1. The molecule has 2 heterocycles. The molecule has 0 saturated heterocycles. The summed E-state index contributed by atoms with van der Waals surface area (Å²) >= 11 is 0. The highest BCUT2D eigenvalue weighted by Crippen LogP contribution is 2.47. The molecule has 1 aliphatic carbocycles. The number of nitrogens with zero attached hydrogens (tertiary/aromatic N) is 4. The molecule has 12 nitrogen and oxygen atoms in total. The second-order valence-electron chi connectivity index (χ2n) is 7.77. The summed E-state index contributed by atoms with van der Waals surface area (Å²) in [6, 6.07) is -1.66. The minimum Gasteiger partial charge on any atom is -0.465 e. The van der Waals surface area contributed by atoms with Gasteiger partial charge in [-0.05, 0) is 31.8 Å². The first-order valence-electron chi connectivity index (χ1n) is 10.2. The number of aliphatic hydroxyl groups is 1. The molecule has 14 heteroatoms. The summed E-state index contributed by atoms with van der Waals surface area (Å²) in [4.78, 5) is 24.2. The van der Waals surface area contributed by atoms with Crippen molar-refractivity contribution in [2.75, 3.05) is 31.3 Å². The van der Waals surface area contributed by atoms with Crippen LogP contribution in [0.5, 0.6) is 0 Å². The fourth-order valence-electron chi connectivity index (χ4n) is 3.86. The Morgan fingerprint density at radius 3 is 2.91 bits per heavy atom. The first-order valence-corrected chi connectivity index (χ1v) is 11.4. The maximum absolute atomic E-state index is 15.6. The van der Waals surface area contributed by atoms with E-state index < -0.39 is 43.9 Å². The minimum absolute atomic E-state index is 0.00128. The lowest BCUT2D eigenvalue weighted by molar-refractivity contribution is -0.144. The summed E-state index contributed by atoms with van der Waals surface area (Å²) in [6.07, 6.45) is 0.217. The third-order valence-electron chi connectivity index (χ3n) is 5.56. The van der Waals surface area contributed by atoms with Crippen LogP contribution in [0.25, 0.3) is 11.2 Å². The van der Waals surface area contributed by atoms with E-state index >= 15 is 4.39 Å². The van der Waals surface area contributed by atoms with E-state index in [-0.39, 0.29) is 25.6 Å². The molecule has 0 spiro atoms. The Morgan fingerprint density at radius 1 is 1.53 bits per heavy atom. The molecule has 0 aliphatic heterocycles. The molecule has 0 bridgehead atoms. The number of anilines is 2. The van der Waals surface area contributed by atoms with Crippen LogP contribution in [0.1, 0.15) is 33.2 Å². The topological polar surface area (TPSA) is 167 Å². The molecule has 1 aliphatic rings. The Balaban J connectivity index is 1.73. The van der Waals surface area contributed by atoms with Gasteiger partial charge >= 0.3 is 14.1 Å². The van der Waals surface area contributed by atoms with Crippen LogP contribution in [0.3, 0.4) is 0 Å². The van der Waals surface area contributed by atoms with Gasteiger partial charge in [-0.3, -0.25) is 4.79 Å². The van der Waals surface area contributed by atoms with Gasteiger partial charge in [-0.1, -0.05) is 5.09 Å². The van der Waals surface area contributed by atoms with Crippen LogP contribution in [0, 0.1) is 5.92 Å². The lowest BCUT2D eigenvalue weighted by atomic mass is 9.98. The maximum Gasteiger partial charge on any atom is 0.613 e. The van der Waals surface area contributed by atoms with Crippen molar-refractivity contribution in [1.82, 2.24) is 24.6 Å². The van der Waals surface area contributed by atoms with Crippen LogP contribution in [0.2, 0.25) is 0 Å². The zero-order valence-electron chi connectivity index (χ0n) is 18.3. The van der Waals surface area contributed by atoms with Crippen LogP contribution in [0.4, 0.5) is 16.2 Å². The number of ether oxygens (including phenoxy) is 1. The number of aliphatic hydroxyl groups excluding tert-OH is 1. The molecule has 5 N–H and O–H groups in total. The lowest BCUT2D eigenvalue weighted by Gasteiger charge is -2.27. The van der Waals surface area contributed by atoms with Gasteiger partial charge in [0.15, 0.2) is 22.7 Å². The summed E-state index contributed by atoms with van der Waals surface area (Å²) in [6.45, 7) is 4.46. The molecule has 0 amide bonds. The van der Waals surface area contributed by atoms with Crippen molar-refractivity contribution >= 4 is 37.1 Å². The Kier molecular flexibility index (Phi) is 7.23. The number of nitrogen functional groups attached to an aromatic ring is 1. The van der Waals surface area contributed by atoms with Gasteiger partial charge in [-0.25, -0.2) is 9.37 Å². The van der Waals surface area contributed by atoms with Crippen LogP contribution < -0.4 is 16.1 Å². The zero-order valence-corrected chi connectivity index (χ0v) is 19.2. The molecule has 32 heavy (non-hydrogen) atoms. The molecule has 2 aromatic rings. The van der Waals surface area contributed by atoms with E-state index in [9.17, 15) is 14.5 Å². The number of aromatic nitrogens is 4. The van der Waals surface area contributed by atoms with E-state index in [1.807, 2.05) is 0 Å². The first kappa shape index (κ1) is 24.2. The van der Waals surface area contributed by atoms with Gasteiger partial charge in [0.05, 0.1) is 25.1 Å². The largest absolute Gasteiger partial charge is 0.613 e. The van der Waals surface area contributed by atoms with Crippen molar-refractivity contribution in [2.45, 2.75) is 51.0 Å². The Hall–Kier alpha value is -2.47. The van der Waals surface area contributed by atoms with E-state index in [2.05, 4.69) is 25.4 Å². The highest BCUT2D eigenvalue weighted by atomic mass is 31.1. The number of halogens is 1. The summed E-state index contributed by atoms with van der Waals surface area (Å²) in [5, 5.41) is 16.0. The first-order chi connectivity index (χ1) is 15.1. The van der Waals surface area contributed by atoms with Crippen molar-refractivity contribution in [3.8, 4) is 0 Å². The smallest absolute Gasteiger partial charge is 0.465 e. The van der Waals surface area contributed by atoms with E-state index in [0.29, 0.717) is 17.0 Å². The summed E-state index contributed by atoms with van der Waals surface area (Å²) < 4.78 is 39.4. The van der Waals surface area contributed by atoms with Crippen molar-refractivity contribution in [2.24, 2.45) is 5.92 Å². The molecular formula is C18H28FN7O5P+. The number of hydrogen-bond acceptors (Lipinski definition) is 10. The molecule has 0 radical (unpaired) electrons. The predicted molar refractivity (Wildman–Crippen MR) is 115 cm³/mol. The van der Waals surface area contributed by atoms with Crippen molar-refractivity contribution in [1.29, 1.82) is 0 Å². The standard InChI is InChI=1S/C18H28FN7O5P/c1-5-30-16(28)9(2)25-32(29)31-7-10-6-11(18(3,19)13(10)27)26-8-22-12-14(21-4)23-17(20)24-15(12)26/h8-11,13,27H,5-7H2,1-4H3,(H,25,29)(H3,20,21,23,24)/q+1/t9-,10+,11+,13+,18-/m0/s1. The SMILES string of the molecule is CCOC(=O)[C@H](C)N[P+](=O)OC[C@H]1C[C@@H](n2cnc3c(NC)nc(N)nc32)[C@](C)(F)[C@@H]1O. The number of hydrogen-bond donors (Lipinski definition) is 4. The minimum atomic E-state index is -2.43. The van der Waals surface area contributed by atoms with E-state index in [1.54, 1.807) is 14.0 Å². The quantitative estimate of drug-likeness (QED) is 0.307. The number of nitrogens with two attached hydrogens (primary N) is 1. The molecule has 176 valence electrons. The highest BCUT2D eigenvalue weighted by Gasteiger charge is 2.54. The number of esters is 1. The number of carbonyl (C=O) groups excluding carboxylic acids is 1. The van der Waals surface area contributed by atoms with Gasteiger partial charge in [0.1, 0.15) is 12.6 Å². The summed E-state index contributed by atoms with van der Waals surface area (Å²) in [7, 11) is -0.770. The Morgan fingerprint density at radius 2 is 2.25 bits per heavy atom. The van der Waals surface area contributed by atoms with E-state index in [4.69, 9.17) is 15.0 Å². The number of nitrogens with one attached hydrogen (secondary N) is 2. The third kappa shape index (κ3) is 4.65. The maximum atomic E-state index is 15.6. The number of alkyl halides is 1. The average molecular weight is 472 g/mol. The van der Waals surface area contributed by atoms with E-state index in [0.717, 1.165) is 0 Å². The van der Waals surface area contributed by atoms with Crippen LogP contribution in [0.15, 0.2) is 6.33 Å². The fourth-order valence-corrected chi connectivity index (χ4v) is 4.69. The number of rotatable bonds is 9. The van der Waals surface area contributed by atoms with E-state index in [1.165, 1.54) is 24.7 Å². The van der Waals surface area contributed by atoms with Crippen molar-refractivity contribution in [3.05, 3.63) is 6.33 Å². The van der Waals surface area contributed by atoms with Gasteiger partial charge in [0.2, 0.25) is 5.95 Å². The monoisotopic (exact) mass is 472 g/mol. The number of carbonyl (C=O) groups is 1. The molecule has 2 aromatic heterocycles.